The molecule has 3 rings (SSSR count). The quantitative estimate of drug-likeness (QED) is 0.776. The number of benzene rings is 1. The summed E-state index contributed by atoms with van der Waals surface area (Å²) in [5.74, 6) is 1.03. The van der Waals surface area contributed by atoms with E-state index >= 15 is 0 Å². The van der Waals surface area contributed by atoms with Crippen LogP contribution in [-0.4, -0.2) is 23.2 Å². The Morgan fingerprint density at radius 1 is 1.09 bits per heavy atom. The van der Waals surface area contributed by atoms with Gasteiger partial charge < -0.3 is 4.74 Å². The van der Waals surface area contributed by atoms with E-state index in [4.69, 9.17) is 4.74 Å². The van der Waals surface area contributed by atoms with Crippen LogP contribution in [0, 0.1) is 0 Å². The van der Waals surface area contributed by atoms with Gasteiger partial charge in [0.15, 0.2) is 0 Å². The predicted octanol–water partition coefficient (Wildman–Crippen LogP) is 2.41. The molecule has 118 valence electrons. The number of rotatable bonds is 5. The molecular weight excluding hydrogens is 316 g/mol. The summed E-state index contributed by atoms with van der Waals surface area (Å²) in [6, 6.07) is 12.4. The van der Waals surface area contributed by atoms with Gasteiger partial charge in [0.05, 0.1) is 18.1 Å². The van der Waals surface area contributed by atoms with Crippen LogP contribution in [0.25, 0.3) is 0 Å². The van der Waals surface area contributed by atoms with Crippen LogP contribution in [-0.2, 0) is 17.1 Å². The van der Waals surface area contributed by atoms with Gasteiger partial charge in [-0.25, -0.2) is 13.4 Å². The number of sulfonamides is 1. The first-order chi connectivity index (χ1) is 11.0. The Labute approximate surface area is 133 Å². The molecular formula is C15H14N4O3S. The zero-order valence-electron chi connectivity index (χ0n) is 12.2. The van der Waals surface area contributed by atoms with Crippen LogP contribution in [0.15, 0.2) is 66.0 Å². The second kappa shape index (κ2) is 6.09. The van der Waals surface area contributed by atoms with Gasteiger partial charge in [-0.1, -0.05) is 18.2 Å². The first kappa shape index (κ1) is 15.0. The Kier molecular flexibility index (Phi) is 3.98. The molecule has 0 radical (unpaired) electrons. The van der Waals surface area contributed by atoms with Crippen LogP contribution in [0.5, 0.6) is 11.6 Å². The number of anilines is 1. The molecule has 3 aromatic rings. The standard InChI is InChI=1S/C15H14N4O3S/c1-19-11-14(10-17-19)23(20,21)18-12-7-8-15(16-9-12)22-13-5-3-2-4-6-13/h2-11,18H,1H3. The highest BCUT2D eigenvalue weighted by atomic mass is 32.2. The third-order valence-electron chi connectivity index (χ3n) is 2.95. The van der Waals surface area contributed by atoms with Crippen molar-refractivity contribution in [1.29, 1.82) is 0 Å². The van der Waals surface area contributed by atoms with Gasteiger partial charge in [-0.15, -0.1) is 0 Å². The fraction of sp³-hybridized carbons (Fsp3) is 0.0667. The SMILES string of the molecule is Cn1cc(S(=O)(=O)Nc2ccc(Oc3ccccc3)nc2)cn1. The van der Waals surface area contributed by atoms with Gasteiger partial charge in [-0.05, 0) is 18.2 Å². The fourth-order valence-corrected chi connectivity index (χ4v) is 2.89. The van der Waals surface area contributed by atoms with Crippen LogP contribution in [0.1, 0.15) is 0 Å². The van der Waals surface area contributed by atoms with Gasteiger partial charge in [-0.3, -0.25) is 9.40 Å². The highest BCUT2D eigenvalue weighted by Crippen LogP contribution is 2.21. The molecule has 0 saturated heterocycles. The molecule has 0 atom stereocenters. The zero-order chi connectivity index (χ0) is 16.3. The average Bonchev–Trinajstić information content (AvgIpc) is 2.98. The number of nitrogens with one attached hydrogen (secondary N) is 1. The van der Waals surface area contributed by atoms with Crippen molar-refractivity contribution in [3.05, 3.63) is 61.1 Å². The van der Waals surface area contributed by atoms with Crippen molar-refractivity contribution < 1.29 is 13.2 Å². The van der Waals surface area contributed by atoms with Crippen molar-refractivity contribution in [2.75, 3.05) is 4.72 Å². The monoisotopic (exact) mass is 330 g/mol. The summed E-state index contributed by atoms with van der Waals surface area (Å²) in [5.41, 5.74) is 0.342. The van der Waals surface area contributed by atoms with Gasteiger partial charge in [0.25, 0.3) is 10.0 Å². The van der Waals surface area contributed by atoms with E-state index in [1.807, 2.05) is 18.2 Å². The molecule has 0 bridgehead atoms. The van der Waals surface area contributed by atoms with Crippen LogP contribution < -0.4 is 9.46 Å². The van der Waals surface area contributed by atoms with Crippen LogP contribution in [0.3, 0.4) is 0 Å². The lowest BCUT2D eigenvalue weighted by atomic mass is 10.3. The first-order valence-corrected chi connectivity index (χ1v) is 8.22. The van der Waals surface area contributed by atoms with Crippen molar-refractivity contribution in [3.8, 4) is 11.6 Å². The van der Waals surface area contributed by atoms with Crippen LogP contribution >= 0.6 is 0 Å². The maximum absolute atomic E-state index is 12.2. The number of pyridine rings is 1. The molecule has 7 nitrogen and oxygen atoms in total. The summed E-state index contributed by atoms with van der Waals surface area (Å²) in [5, 5.41) is 3.85. The minimum atomic E-state index is -3.68. The molecule has 0 saturated carbocycles. The summed E-state index contributed by atoms with van der Waals surface area (Å²) < 4.78 is 33.7. The van der Waals surface area contributed by atoms with Crippen molar-refractivity contribution >= 4 is 15.7 Å². The highest BCUT2D eigenvalue weighted by Gasteiger charge is 2.16. The van der Waals surface area contributed by atoms with E-state index < -0.39 is 10.0 Å². The number of nitrogens with zero attached hydrogens (tertiary/aromatic N) is 3. The molecule has 0 aliphatic rings. The van der Waals surface area contributed by atoms with E-state index in [1.54, 1.807) is 31.3 Å². The van der Waals surface area contributed by atoms with Crippen molar-refractivity contribution in [1.82, 2.24) is 14.8 Å². The first-order valence-electron chi connectivity index (χ1n) is 6.73. The van der Waals surface area contributed by atoms with E-state index in [2.05, 4.69) is 14.8 Å². The smallest absolute Gasteiger partial charge is 0.265 e. The summed E-state index contributed by atoms with van der Waals surface area (Å²) in [4.78, 5) is 4.17. The van der Waals surface area contributed by atoms with Gasteiger partial charge in [-0.2, -0.15) is 5.10 Å². The molecule has 0 fully saturated rings. The molecule has 23 heavy (non-hydrogen) atoms. The molecule has 0 aliphatic heterocycles. The van der Waals surface area contributed by atoms with E-state index in [-0.39, 0.29) is 4.90 Å². The third kappa shape index (κ3) is 3.67. The van der Waals surface area contributed by atoms with Crippen LogP contribution in [0.4, 0.5) is 5.69 Å². The maximum Gasteiger partial charge on any atom is 0.265 e. The molecule has 0 unspecified atom stereocenters. The summed E-state index contributed by atoms with van der Waals surface area (Å²) in [7, 11) is -2.03. The Hall–Kier alpha value is -2.87. The average molecular weight is 330 g/mol. The minimum absolute atomic E-state index is 0.0876. The lowest BCUT2D eigenvalue weighted by Crippen LogP contribution is -2.12. The van der Waals surface area contributed by atoms with E-state index in [1.165, 1.54) is 23.3 Å². The van der Waals surface area contributed by atoms with Gasteiger partial charge >= 0.3 is 0 Å². The van der Waals surface area contributed by atoms with Gasteiger partial charge in [0, 0.05) is 19.3 Å². The lowest BCUT2D eigenvalue weighted by Gasteiger charge is -2.07. The van der Waals surface area contributed by atoms with Crippen molar-refractivity contribution in [3.63, 3.8) is 0 Å². The largest absolute Gasteiger partial charge is 0.439 e. The topological polar surface area (TPSA) is 86.1 Å². The van der Waals surface area contributed by atoms with E-state index in [0.717, 1.165) is 0 Å². The highest BCUT2D eigenvalue weighted by molar-refractivity contribution is 7.92. The Balaban J connectivity index is 1.72. The summed E-state index contributed by atoms with van der Waals surface area (Å²) in [6.07, 6.45) is 4.09. The summed E-state index contributed by atoms with van der Waals surface area (Å²) >= 11 is 0. The van der Waals surface area contributed by atoms with E-state index in [9.17, 15) is 8.42 Å². The maximum atomic E-state index is 12.2. The predicted molar refractivity (Wildman–Crippen MR) is 84.8 cm³/mol. The summed E-state index contributed by atoms with van der Waals surface area (Å²) in [6.45, 7) is 0. The molecule has 0 amide bonds. The van der Waals surface area contributed by atoms with Gasteiger partial charge in [0.2, 0.25) is 5.88 Å². The van der Waals surface area contributed by atoms with Crippen LogP contribution in [0.2, 0.25) is 0 Å². The normalized spacial score (nSPS) is 11.2. The molecule has 8 heteroatoms. The van der Waals surface area contributed by atoms with E-state index in [0.29, 0.717) is 17.3 Å². The molecule has 2 aromatic heterocycles. The zero-order valence-corrected chi connectivity index (χ0v) is 13.1. The number of aryl methyl sites for hydroxylation is 1. The lowest BCUT2D eigenvalue weighted by molar-refractivity contribution is 0.463. The number of hydrogen-bond donors (Lipinski definition) is 1. The molecule has 1 aromatic carbocycles. The number of para-hydroxylation sites is 1. The number of ether oxygens (including phenoxy) is 1. The Bertz CT molecular complexity index is 890. The number of aromatic nitrogens is 3. The minimum Gasteiger partial charge on any atom is -0.439 e. The molecule has 1 N–H and O–H groups in total. The molecule has 0 aliphatic carbocycles. The Morgan fingerprint density at radius 2 is 1.87 bits per heavy atom. The fourth-order valence-electron chi connectivity index (χ4n) is 1.86. The Morgan fingerprint density at radius 3 is 2.48 bits per heavy atom. The second-order valence-electron chi connectivity index (χ2n) is 4.76. The van der Waals surface area contributed by atoms with Gasteiger partial charge in [0.1, 0.15) is 10.6 Å². The number of hydrogen-bond acceptors (Lipinski definition) is 5. The second-order valence-corrected chi connectivity index (χ2v) is 6.44. The molecule has 0 spiro atoms. The van der Waals surface area contributed by atoms with Crippen molar-refractivity contribution in [2.24, 2.45) is 7.05 Å². The molecule has 2 heterocycles. The third-order valence-corrected chi connectivity index (χ3v) is 4.28. The van der Waals surface area contributed by atoms with Crippen molar-refractivity contribution in [2.45, 2.75) is 4.90 Å².